The van der Waals surface area contributed by atoms with Gasteiger partial charge in [0, 0.05) is 14.0 Å². The van der Waals surface area contributed by atoms with Crippen molar-refractivity contribution in [3.05, 3.63) is 21.6 Å². The summed E-state index contributed by atoms with van der Waals surface area (Å²) in [5.41, 5.74) is 0.168. The number of carboxylic acids is 1. The number of nitro groups is 1. The zero-order chi connectivity index (χ0) is 13.2. The molecule has 1 aromatic rings. The number of hydrogen-bond acceptors (Lipinski definition) is 4. The van der Waals surface area contributed by atoms with E-state index in [1.54, 1.807) is 14.0 Å². The minimum Gasteiger partial charge on any atom is -0.481 e. The Morgan fingerprint density at radius 3 is 2.65 bits per heavy atom. The molecule has 7 nitrogen and oxygen atoms in total. The van der Waals surface area contributed by atoms with Crippen LogP contribution in [0.1, 0.15) is 37.2 Å². The maximum Gasteiger partial charge on any atom is 0.386 e. The van der Waals surface area contributed by atoms with Crippen LogP contribution in [-0.4, -0.2) is 25.6 Å². The highest BCUT2D eigenvalue weighted by Gasteiger charge is 2.33. The minimum absolute atomic E-state index is 0.168. The number of nitrogens with zero attached hydrogens (tertiary/aromatic N) is 3. The highest BCUT2D eigenvalue weighted by molar-refractivity contribution is 5.76. The molecule has 0 aliphatic carbocycles. The highest BCUT2D eigenvalue weighted by Crippen LogP contribution is 2.30. The summed E-state index contributed by atoms with van der Waals surface area (Å²) in [4.78, 5) is 25.2. The molecule has 0 aromatic carbocycles. The van der Waals surface area contributed by atoms with Gasteiger partial charge in [-0.3, -0.25) is 4.79 Å². The fourth-order valence-electron chi connectivity index (χ4n) is 1.80. The summed E-state index contributed by atoms with van der Waals surface area (Å²) in [6, 6.07) is 0. The van der Waals surface area contributed by atoms with Crippen molar-refractivity contribution in [1.29, 1.82) is 0 Å². The Morgan fingerprint density at radius 2 is 2.24 bits per heavy atom. The largest absolute Gasteiger partial charge is 0.481 e. The standard InChI is InChI=1S/C10H15N3O4/c1-4-5-7(10(14)15)8-9(13(16)17)11-6(2)12(8)3/h7H,4-5H2,1-3H3,(H,14,15). The summed E-state index contributed by atoms with van der Waals surface area (Å²) in [6.07, 6.45) is 0.994. The molecular weight excluding hydrogens is 226 g/mol. The molecule has 1 aromatic heterocycles. The van der Waals surface area contributed by atoms with Gasteiger partial charge in [0.15, 0.2) is 0 Å². The SMILES string of the molecule is CCCC(C(=O)O)c1c([N+](=O)[O-])nc(C)n1C. The Kier molecular flexibility index (Phi) is 3.82. The van der Waals surface area contributed by atoms with Crippen LogP contribution in [0.5, 0.6) is 0 Å². The maximum absolute atomic E-state index is 11.2. The summed E-state index contributed by atoms with van der Waals surface area (Å²) in [7, 11) is 1.59. The van der Waals surface area contributed by atoms with Gasteiger partial charge < -0.3 is 19.8 Å². The lowest BCUT2D eigenvalue weighted by Gasteiger charge is -2.11. The van der Waals surface area contributed by atoms with Crippen LogP contribution in [0.25, 0.3) is 0 Å². The lowest BCUT2D eigenvalue weighted by atomic mass is 10.00. The second kappa shape index (κ2) is 4.94. The molecule has 1 heterocycles. The summed E-state index contributed by atoms with van der Waals surface area (Å²) < 4.78 is 1.48. The minimum atomic E-state index is -1.06. The third-order valence-corrected chi connectivity index (χ3v) is 2.72. The van der Waals surface area contributed by atoms with Gasteiger partial charge in [-0.15, -0.1) is 0 Å². The van der Waals surface area contributed by atoms with Crippen molar-refractivity contribution in [2.24, 2.45) is 7.05 Å². The smallest absolute Gasteiger partial charge is 0.386 e. The Labute approximate surface area is 98.2 Å². The van der Waals surface area contributed by atoms with E-state index in [0.29, 0.717) is 18.7 Å². The van der Waals surface area contributed by atoms with E-state index in [1.807, 2.05) is 6.92 Å². The third kappa shape index (κ3) is 2.43. The molecule has 1 atom stereocenters. The fraction of sp³-hybridized carbons (Fsp3) is 0.600. The molecule has 1 N–H and O–H groups in total. The van der Waals surface area contributed by atoms with Crippen molar-refractivity contribution in [3.63, 3.8) is 0 Å². The lowest BCUT2D eigenvalue weighted by Crippen LogP contribution is -2.16. The van der Waals surface area contributed by atoms with Crippen molar-refractivity contribution < 1.29 is 14.8 Å². The predicted molar refractivity (Wildman–Crippen MR) is 59.9 cm³/mol. The van der Waals surface area contributed by atoms with Gasteiger partial charge in [-0.1, -0.05) is 13.3 Å². The molecule has 0 saturated heterocycles. The van der Waals surface area contributed by atoms with Gasteiger partial charge in [0.25, 0.3) is 0 Å². The van der Waals surface area contributed by atoms with Crippen LogP contribution in [-0.2, 0) is 11.8 Å². The Balaban J connectivity index is 3.35. The molecule has 1 unspecified atom stereocenters. The van der Waals surface area contributed by atoms with Gasteiger partial charge >= 0.3 is 11.8 Å². The molecule has 0 amide bonds. The van der Waals surface area contributed by atoms with Crippen molar-refractivity contribution >= 4 is 11.8 Å². The van der Waals surface area contributed by atoms with Crippen LogP contribution in [0.2, 0.25) is 0 Å². The number of aryl methyl sites for hydroxylation is 1. The Hall–Kier alpha value is -1.92. The molecule has 0 fully saturated rings. The number of aliphatic carboxylic acids is 1. The molecule has 0 saturated carbocycles. The van der Waals surface area contributed by atoms with Crippen LogP contribution < -0.4 is 0 Å². The van der Waals surface area contributed by atoms with Gasteiger partial charge in [0.1, 0.15) is 11.6 Å². The monoisotopic (exact) mass is 241 g/mol. The first-order valence-corrected chi connectivity index (χ1v) is 5.30. The van der Waals surface area contributed by atoms with E-state index in [0.717, 1.165) is 0 Å². The second-order valence-corrected chi connectivity index (χ2v) is 3.86. The molecule has 0 bridgehead atoms. The zero-order valence-electron chi connectivity index (χ0n) is 10.0. The molecule has 0 aliphatic rings. The average molecular weight is 241 g/mol. The molecule has 0 aliphatic heterocycles. The number of hydrogen-bond donors (Lipinski definition) is 1. The van der Waals surface area contributed by atoms with E-state index in [-0.39, 0.29) is 11.5 Å². The molecule has 7 heteroatoms. The van der Waals surface area contributed by atoms with Crippen molar-refractivity contribution in [1.82, 2.24) is 9.55 Å². The van der Waals surface area contributed by atoms with Crippen LogP contribution >= 0.6 is 0 Å². The molecule has 0 spiro atoms. The predicted octanol–water partition coefficient (Wildman–Crippen LogP) is 1.61. The molecular formula is C10H15N3O4. The second-order valence-electron chi connectivity index (χ2n) is 3.86. The zero-order valence-corrected chi connectivity index (χ0v) is 10.0. The Morgan fingerprint density at radius 1 is 1.65 bits per heavy atom. The van der Waals surface area contributed by atoms with Crippen LogP contribution in [0.3, 0.4) is 0 Å². The van der Waals surface area contributed by atoms with Gasteiger partial charge in [0.05, 0.1) is 0 Å². The van der Waals surface area contributed by atoms with Gasteiger partial charge in [-0.05, 0) is 16.3 Å². The van der Waals surface area contributed by atoms with E-state index in [9.17, 15) is 14.9 Å². The first-order valence-electron chi connectivity index (χ1n) is 5.30. The summed E-state index contributed by atoms with van der Waals surface area (Å²) in [5.74, 6) is -1.86. The molecule has 1 rings (SSSR count). The topological polar surface area (TPSA) is 98.3 Å². The first-order chi connectivity index (χ1) is 7.90. The summed E-state index contributed by atoms with van der Waals surface area (Å²) in [6.45, 7) is 3.45. The first kappa shape index (κ1) is 13.1. The number of carbonyl (C=O) groups is 1. The van der Waals surface area contributed by atoms with Gasteiger partial charge in [-0.2, -0.15) is 0 Å². The lowest BCUT2D eigenvalue weighted by molar-refractivity contribution is -0.390. The van der Waals surface area contributed by atoms with E-state index in [2.05, 4.69) is 4.98 Å². The van der Waals surface area contributed by atoms with Crippen molar-refractivity contribution in [2.45, 2.75) is 32.6 Å². The van der Waals surface area contributed by atoms with E-state index in [4.69, 9.17) is 5.11 Å². The third-order valence-electron chi connectivity index (χ3n) is 2.72. The number of carboxylic acid groups (broad SMARTS) is 1. The normalized spacial score (nSPS) is 12.4. The van der Waals surface area contributed by atoms with E-state index >= 15 is 0 Å². The number of imidazole rings is 1. The van der Waals surface area contributed by atoms with Crippen LogP contribution in [0.4, 0.5) is 5.82 Å². The quantitative estimate of drug-likeness (QED) is 0.623. The van der Waals surface area contributed by atoms with Gasteiger partial charge in [0.2, 0.25) is 5.82 Å². The average Bonchev–Trinajstić information content (AvgIpc) is 2.52. The van der Waals surface area contributed by atoms with E-state index in [1.165, 1.54) is 4.57 Å². The number of rotatable bonds is 5. The molecule has 0 radical (unpaired) electrons. The van der Waals surface area contributed by atoms with Crippen molar-refractivity contribution in [3.8, 4) is 0 Å². The highest BCUT2D eigenvalue weighted by atomic mass is 16.6. The van der Waals surface area contributed by atoms with Crippen LogP contribution in [0.15, 0.2) is 0 Å². The number of aromatic nitrogens is 2. The summed E-state index contributed by atoms with van der Waals surface area (Å²) >= 11 is 0. The summed E-state index contributed by atoms with van der Waals surface area (Å²) in [5, 5.41) is 20.0. The maximum atomic E-state index is 11.2. The van der Waals surface area contributed by atoms with Crippen LogP contribution in [0, 0.1) is 17.0 Å². The molecule has 17 heavy (non-hydrogen) atoms. The van der Waals surface area contributed by atoms with E-state index < -0.39 is 16.8 Å². The van der Waals surface area contributed by atoms with Crippen molar-refractivity contribution in [2.75, 3.05) is 0 Å². The fourth-order valence-corrected chi connectivity index (χ4v) is 1.80. The molecule has 94 valence electrons. The Bertz CT molecular complexity index is 453. The van der Waals surface area contributed by atoms with Gasteiger partial charge in [-0.25, -0.2) is 0 Å².